The van der Waals surface area contributed by atoms with Crippen molar-refractivity contribution in [2.75, 3.05) is 6.61 Å². The average molecular weight is 179 g/mol. The molecule has 0 heterocycles. The second kappa shape index (κ2) is 3.48. The normalized spacial score (nSPS) is 15.5. The summed E-state index contributed by atoms with van der Waals surface area (Å²) in [7, 11) is 0. The number of rotatable bonds is 2. The SMILES string of the molecule is Cc1cccc([C@](C)(N)CO)c1C. The number of nitrogens with two attached hydrogens (primary N) is 1. The molecule has 1 aromatic rings. The smallest absolute Gasteiger partial charge is 0.0650 e. The minimum Gasteiger partial charge on any atom is -0.394 e. The Hall–Kier alpha value is -0.860. The first-order chi connectivity index (χ1) is 5.99. The van der Waals surface area contributed by atoms with Gasteiger partial charge in [0.2, 0.25) is 0 Å². The van der Waals surface area contributed by atoms with E-state index in [0.29, 0.717) is 0 Å². The van der Waals surface area contributed by atoms with Crippen molar-refractivity contribution in [1.29, 1.82) is 0 Å². The van der Waals surface area contributed by atoms with Gasteiger partial charge in [-0.1, -0.05) is 18.2 Å². The molecule has 2 nitrogen and oxygen atoms in total. The quantitative estimate of drug-likeness (QED) is 0.722. The van der Waals surface area contributed by atoms with Crippen molar-refractivity contribution in [3.8, 4) is 0 Å². The van der Waals surface area contributed by atoms with E-state index >= 15 is 0 Å². The molecular weight excluding hydrogens is 162 g/mol. The number of aliphatic hydroxyl groups is 1. The summed E-state index contributed by atoms with van der Waals surface area (Å²) < 4.78 is 0. The molecule has 0 unspecified atom stereocenters. The third-order valence-electron chi connectivity index (χ3n) is 2.55. The topological polar surface area (TPSA) is 46.2 Å². The number of aryl methyl sites for hydroxylation is 1. The van der Waals surface area contributed by atoms with E-state index in [0.717, 1.165) is 5.56 Å². The molecule has 3 N–H and O–H groups in total. The van der Waals surface area contributed by atoms with E-state index in [2.05, 4.69) is 0 Å². The van der Waals surface area contributed by atoms with Crippen molar-refractivity contribution < 1.29 is 5.11 Å². The summed E-state index contributed by atoms with van der Waals surface area (Å²) in [5.41, 5.74) is 8.73. The van der Waals surface area contributed by atoms with Gasteiger partial charge in [0.15, 0.2) is 0 Å². The molecule has 0 fully saturated rings. The highest BCUT2D eigenvalue weighted by Crippen LogP contribution is 2.22. The summed E-state index contributed by atoms with van der Waals surface area (Å²) in [6.07, 6.45) is 0. The van der Waals surface area contributed by atoms with Crippen LogP contribution in [0.1, 0.15) is 23.6 Å². The van der Waals surface area contributed by atoms with Gasteiger partial charge in [-0.15, -0.1) is 0 Å². The van der Waals surface area contributed by atoms with Gasteiger partial charge in [-0.3, -0.25) is 0 Å². The van der Waals surface area contributed by atoms with Crippen LogP contribution in [0.25, 0.3) is 0 Å². The van der Waals surface area contributed by atoms with Crippen molar-refractivity contribution in [3.05, 3.63) is 34.9 Å². The molecule has 0 bridgehead atoms. The maximum atomic E-state index is 9.14. The van der Waals surface area contributed by atoms with Crippen LogP contribution in [0.3, 0.4) is 0 Å². The third-order valence-corrected chi connectivity index (χ3v) is 2.55. The van der Waals surface area contributed by atoms with Gasteiger partial charge in [0.05, 0.1) is 12.1 Å². The molecule has 1 aromatic carbocycles. The molecule has 2 heteroatoms. The van der Waals surface area contributed by atoms with Crippen LogP contribution in [-0.2, 0) is 5.54 Å². The molecule has 0 saturated carbocycles. The number of hydrogen-bond donors (Lipinski definition) is 2. The monoisotopic (exact) mass is 179 g/mol. The van der Waals surface area contributed by atoms with Crippen LogP contribution in [0.2, 0.25) is 0 Å². The van der Waals surface area contributed by atoms with Crippen molar-refractivity contribution in [2.24, 2.45) is 5.73 Å². The lowest BCUT2D eigenvalue weighted by atomic mass is 9.88. The Bertz CT molecular complexity index is 305. The van der Waals surface area contributed by atoms with Gasteiger partial charge < -0.3 is 10.8 Å². The van der Waals surface area contributed by atoms with E-state index < -0.39 is 5.54 Å². The van der Waals surface area contributed by atoms with Gasteiger partial charge in [-0.25, -0.2) is 0 Å². The molecule has 0 aromatic heterocycles. The highest BCUT2D eigenvalue weighted by Gasteiger charge is 2.21. The van der Waals surface area contributed by atoms with Crippen LogP contribution in [0, 0.1) is 13.8 Å². The summed E-state index contributed by atoms with van der Waals surface area (Å²) in [6.45, 7) is 5.89. The molecule has 1 atom stereocenters. The summed E-state index contributed by atoms with van der Waals surface area (Å²) in [6, 6.07) is 5.99. The Morgan fingerprint density at radius 3 is 2.54 bits per heavy atom. The van der Waals surface area contributed by atoms with E-state index in [1.807, 2.05) is 39.0 Å². The molecule has 0 aliphatic rings. The Labute approximate surface area is 79.4 Å². The van der Waals surface area contributed by atoms with Crippen LogP contribution in [0.5, 0.6) is 0 Å². The summed E-state index contributed by atoms with van der Waals surface area (Å²) in [5, 5.41) is 9.14. The van der Waals surface area contributed by atoms with Crippen LogP contribution < -0.4 is 5.73 Å². The number of benzene rings is 1. The summed E-state index contributed by atoms with van der Waals surface area (Å²) in [5.74, 6) is 0. The predicted molar refractivity (Wildman–Crippen MR) is 54.5 cm³/mol. The lowest BCUT2D eigenvalue weighted by Crippen LogP contribution is -2.37. The fourth-order valence-corrected chi connectivity index (χ4v) is 1.45. The second-order valence-corrected chi connectivity index (χ2v) is 3.82. The minimum atomic E-state index is -0.629. The van der Waals surface area contributed by atoms with Crippen molar-refractivity contribution in [1.82, 2.24) is 0 Å². The van der Waals surface area contributed by atoms with Crippen molar-refractivity contribution in [2.45, 2.75) is 26.3 Å². The average Bonchev–Trinajstić information content (AvgIpc) is 2.09. The zero-order valence-corrected chi connectivity index (χ0v) is 8.46. The lowest BCUT2D eigenvalue weighted by Gasteiger charge is -2.25. The van der Waals surface area contributed by atoms with Gasteiger partial charge in [0, 0.05) is 0 Å². The minimum absolute atomic E-state index is 0.0305. The third kappa shape index (κ3) is 1.90. The molecule has 0 aliphatic carbocycles. The molecule has 72 valence electrons. The van der Waals surface area contributed by atoms with Gasteiger partial charge in [-0.05, 0) is 37.5 Å². The van der Waals surface area contributed by atoms with Gasteiger partial charge in [-0.2, -0.15) is 0 Å². The van der Waals surface area contributed by atoms with Crippen molar-refractivity contribution in [3.63, 3.8) is 0 Å². The first-order valence-electron chi connectivity index (χ1n) is 4.45. The fourth-order valence-electron chi connectivity index (χ4n) is 1.45. The van der Waals surface area contributed by atoms with E-state index in [-0.39, 0.29) is 6.61 Å². The van der Waals surface area contributed by atoms with Crippen LogP contribution in [-0.4, -0.2) is 11.7 Å². The van der Waals surface area contributed by atoms with E-state index in [9.17, 15) is 0 Å². The highest BCUT2D eigenvalue weighted by molar-refractivity contribution is 5.37. The van der Waals surface area contributed by atoms with Crippen LogP contribution >= 0.6 is 0 Å². The maximum Gasteiger partial charge on any atom is 0.0650 e. The number of aliphatic hydroxyl groups excluding tert-OH is 1. The Morgan fingerprint density at radius 1 is 1.38 bits per heavy atom. The molecule has 0 saturated heterocycles. The van der Waals surface area contributed by atoms with E-state index in [1.165, 1.54) is 11.1 Å². The summed E-state index contributed by atoms with van der Waals surface area (Å²) >= 11 is 0. The molecule has 13 heavy (non-hydrogen) atoms. The van der Waals surface area contributed by atoms with Crippen molar-refractivity contribution >= 4 is 0 Å². The fraction of sp³-hybridized carbons (Fsp3) is 0.455. The number of hydrogen-bond acceptors (Lipinski definition) is 2. The van der Waals surface area contributed by atoms with Gasteiger partial charge >= 0.3 is 0 Å². The highest BCUT2D eigenvalue weighted by atomic mass is 16.3. The lowest BCUT2D eigenvalue weighted by molar-refractivity contribution is 0.209. The Morgan fingerprint density at radius 2 is 2.00 bits per heavy atom. The zero-order chi connectivity index (χ0) is 10.1. The molecule has 0 radical (unpaired) electrons. The van der Waals surface area contributed by atoms with Crippen LogP contribution in [0.15, 0.2) is 18.2 Å². The van der Waals surface area contributed by atoms with E-state index in [4.69, 9.17) is 10.8 Å². The van der Waals surface area contributed by atoms with Gasteiger partial charge in [0.25, 0.3) is 0 Å². The first kappa shape index (κ1) is 10.2. The molecule has 1 rings (SSSR count). The molecule has 0 spiro atoms. The molecule has 0 amide bonds. The Balaban J connectivity index is 3.22. The largest absolute Gasteiger partial charge is 0.394 e. The van der Waals surface area contributed by atoms with E-state index in [1.54, 1.807) is 0 Å². The standard InChI is InChI=1S/C11H17NO/c1-8-5-4-6-10(9(8)2)11(3,12)7-13/h4-6,13H,7,12H2,1-3H3/t11-/m1/s1. The predicted octanol–water partition coefficient (Wildman–Crippen LogP) is 1.47. The first-order valence-corrected chi connectivity index (χ1v) is 4.45. The maximum absolute atomic E-state index is 9.14. The summed E-state index contributed by atoms with van der Waals surface area (Å²) in [4.78, 5) is 0. The van der Waals surface area contributed by atoms with Gasteiger partial charge in [0.1, 0.15) is 0 Å². The molecular formula is C11H17NO. The zero-order valence-electron chi connectivity index (χ0n) is 8.46. The molecule has 0 aliphatic heterocycles. The Kier molecular flexibility index (Phi) is 2.74. The second-order valence-electron chi connectivity index (χ2n) is 3.82. The van der Waals surface area contributed by atoms with Crippen LogP contribution in [0.4, 0.5) is 0 Å².